The maximum Gasteiger partial charge on any atom is 0.239 e. The van der Waals surface area contributed by atoms with E-state index < -0.39 is 0 Å². The van der Waals surface area contributed by atoms with Gasteiger partial charge >= 0.3 is 0 Å². The second-order valence-electron chi connectivity index (χ2n) is 6.66. The minimum atomic E-state index is -0.0265. The summed E-state index contributed by atoms with van der Waals surface area (Å²) in [5, 5.41) is 3.84. The number of hydrogen-bond donors (Lipinski definition) is 1. The minimum Gasteiger partial charge on any atom is -0.352 e. The molecule has 0 bridgehead atoms. The van der Waals surface area contributed by atoms with Gasteiger partial charge in [-0.1, -0.05) is 23.7 Å². The van der Waals surface area contributed by atoms with Crippen LogP contribution in [0.5, 0.6) is 0 Å². The molecule has 2 heterocycles. The number of carbonyl (C=O) groups excluding carboxylic acids is 2. The molecule has 2 amide bonds. The summed E-state index contributed by atoms with van der Waals surface area (Å²) in [5.74, 6) is 0.0735. The number of rotatable bonds is 5. The minimum absolute atomic E-state index is 0.0265. The number of carbonyl (C=O) groups is 2. The van der Waals surface area contributed by atoms with Crippen LogP contribution in [-0.4, -0.2) is 53.8 Å². The third kappa shape index (κ3) is 4.71. The molecule has 3 rings (SSSR count). The molecule has 1 aromatic rings. The molecule has 1 aromatic carbocycles. The fraction of sp³-hybridized carbons (Fsp3) is 0.556. The molecule has 1 N–H and O–H groups in total. The van der Waals surface area contributed by atoms with Gasteiger partial charge in [0.2, 0.25) is 11.8 Å². The molecule has 0 atom stereocenters. The van der Waals surface area contributed by atoms with E-state index in [-0.39, 0.29) is 24.4 Å². The largest absolute Gasteiger partial charge is 0.352 e. The van der Waals surface area contributed by atoms with Crippen molar-refractivity contribution in [2.24, 2.45) is 0 Å². The smallest absolute Gasteiger partial charge is 0.239 e. The SMILES string of the molecule is O=C(CN1CCCC1=O)NC1CCN(Cc2ccc(Cl)cc2)CC1. The first-order valence-corrected chi connectivity index (χ1v) is 9.02. The summed E-state index contributed by atoms with van der Waals surface area (Å²) in [6, 6.07) is 8.18. The van der Waals surface area contributed by atoms with Crippen LogP contribution in [0.25, 0.3) is 0 Å². The van der Waals surface area contributed by atoms with E-state index in [4.69, 9.17) is 11.6 Å². The van der Waals surface area contributed by atoms with E-state index in [9.17, 15) is 9.59 Å². The number of benzene rings is 1. The molecular weight excluding hydrogens is 326 g/mol. The summed E-state index contributed by atoms with van der Waals surface area (Å²) < 4.78 is 0. The summed E-state index contributed by atoms with van der Waals surface area (Å²) >= 11 is 5.91. The highest BCUT2D eigenvalue weighted by Crippen LogP contribution is 2.16. The van der Waals surface area contributed by atoms with Gasteiger partial charge in [-0.25, -0.2) is 0 Å². The number of hydrogen-bond acceptors (Lipinski definition) is 3. The molecule has 0 spiro atoms. The van der Waals surface area contributed by atoms with Gasteiger partial charge in [0.1, 0.15) is 0 Å². The van der Waals surface area contributed by atoms with Crippen LogP contribution < -0.4 is 5.32 Å². The number of nitrogens with zero attached hydrogens (tertiary/aromatic N) is 2. The fourth-order valence-corrected chi connectivity index (χ4v) is 3.53. The number of amides is 2. The first-order valence-electron chi connectivity index (χ1n) is 8.64. The van der Waals surface area contributed by atoms with E-state index >= 15 is 0 Å². The predicted molar refractivity (Wildman–Crippen MR) is 93.7 cm³/mol. The highest BCUT2D eigenvalue weighted by atomic mass is 35.5. The average Bonchev–Trinajstić information content (AvgIpc) is 2.96. The van der Waals surface area contributed by atoms with Crippen molar-refractivity contribution in [3.8, 4) is 0 Å². The normalized spacial score (nSPS) is 19.7. The lowest BCUT2D eigenvalue weighted by atomic mass is 10.0. The van der Waals surface area contributed by atoms with E-state index in [1.54, 1.807) is 4.90 Å². The van der Waals surface area contributed by atoms with Crippen LogP contribution in [0.4, 0.5) is 0 Å². The Morgan fingerprint density at radius 2 is 1.88 bits per heavy atom. The number of likely N-dealkylation sites (tertiary alicyclic amines) is 2. The summed E-state index contributed by atoms with van der Waals surface area (Å²) in [6.45, 7) is 3.78. The van der Waals surface area contributed by atoms with Crippen LogP contribution in [-0.2, 0) is 16.1 Å². The summed E-state index contributed by atoms with van der Waals surface area (Å²) in [7, 11) is 0. The lowest BCUT2D eigenvalue weighted by Gasteiger charge is -2.32. The molecule has 2 aliphatic rings. The zero-order valence-corrected chi connectivity index (χ0v) is 14.6. The second kappa shape index (κ2) is 7.99. The van der Waals surface area contributed by atoms with Crippen LogP contribution in [0.3, 0.4) is 0 Å². The Kier molecular flexibility index (Phi) is 5.74. The Hall–Kier alpha value is -1.59. The molecule has 0 radical (unpaired) electrons. The lowest BCUT2D eigenvalue weighted by Crippen LogP contribution is -2.47. The van der Waals surface area contributed by atoms with Gasteiger partial charge in [-0.15, -0.1) is 0 Å². The molecule has 0 aromatic heterocycles. The number of nitrogens with one attached hydrogen (secondary N) is 1. The van der Waals surface area contributed by atoms with Crippen molar-refractivity contribution in [1.82, 2.24) is 15.1 Å². The van der Waals surface area contributed by atoms with Gasteiger partial charge in [0.25, 0.3) is 0 Å². The Morgan fingerprint density at radius 1 is 1.17 bits per heavy atom. The number of piperidine rings is 1. The lowest BCUT2D eigenvalue weighted by molar-refractivity contribution is -0.133. The van der Waals surface area contributed by atoms with Crippen molar-refractivity contribution in [2.75, 3.05) is 26.2 Å². The Balaban J connectivity index is 1.39. The quantitative estimate of drug-likeness (QED) is 0.885. The van der Waals surface area contributed by atoms with E-state index in [1.165, 1.54) is 5.56 Å². The zero-order valence-electron chi connectivity index (χ0n) is 13.8. The highest BCUT2D eigenvalue weighted by Gasteiger charge is 2.25. The molecular formula is C18H24ClN3O2. The third-order valence-corrected chi connectivity index (χ3v) is 5.03. The maximum absolute atomic E-state index is 12.1. The Morgan fingerprint density at radius 3 is 2.50 bits per heavy atom. The molecule has 2 fully saturated rings. The molecule has 5 nitrogen and oxygen atoms in total. The zero-order chi connectivity index (χ0) is 16.9. The number of halogens is 1. The van der Waals surface area contributed by atoms with Crippen molar-refractivity contribution in [3.05, 3.63) is 34.9 Å². The van der Waals surface area contributed by atoms with Crippen LogP contribution in [0.2, 0.25) is 5.02 Å². The monoisotopic (exact) mass is 349 g/mol. The van der Waals surface area contributed by atoms with E-state index in [1.807, 2.05) is 12.1 Å². The molecule has 2 saturated heterocycles. The molecule has 0 unspecified atom stereocenters. The average molecular weight is 350 g/mol. The van der Waals surface area contributed by atoms with Crippen LogP contribution in [0.15, 0.2) is 24.3 Å². The molecule has 0 aliphatic carbocycles. The Bertz CT molecular complexity index is 582. The molecule has 130 valence electrons. The van der Waals surface area contributed by atoms with Crippen LogP contribution in [0.1, 0.15) is 31.2 Å². The van der Waals surface area contributed by atoms with Crippen molar-refractivity contribution >= 4 is 23.4 Å². The Labute approximate surface area is 147 Å². The predicted octanol–water partition coefficient (Wildman–Crippen LogP) is 2.04. The van der Waals surface area contributed by atoms with Gasteiger partial charge in [-0.2, -0.15) is 0 Å². The first-order chi connectivity index (χ1) is 11.6. The third-order valence-electron chi connectivity index (χ3n) is 4.78. The van der Waals surface area contributed by atoms with E-state index in [0.717, 1.165) is 43.9 Å². The van der Waals surface area contributed by atoms with E-state index in [2.05, 4.69) is 22.3 Å². The van der Waals surface area contributed by atoms with Crippen molar-refractivity contribution < 1.29 is 9.59 Å². The topological polar surface area (TPSA) is 52.7 Å². The van der Waals surface area contributed by atoms with Crippen LogP contribution >= 0.6 is 11.6 Å². The molecule has 0 saturated carbocycles. The van der Waals surface area contributed by atoms with Gasteiger partial charge in [-0.3, -0.25) is 14.5 Å². The van der Waals surface area contributed by atoms with Crippen LogP contribution in [0, 0.1) is 0 Å². The van der Waals surface area contributed by atoms with Gasteiger partial charge in [0.05, 0.1) is 6.54 Å². The first kappa shape index (κ1) is 17.2. The molecule has 24 heavy (non-hydrogen) atoms. The van der Waals surface area contributed by atoms with E-state index in [0.29, 0.717) is 13.0 Å². The highest BCUT2D eigenvalue weighted by molar-refractivity contribution is 6.30. The van der Waals surface area contributed by atoms with Gasteiger partial charge in [0.15, 0.2) is 0 Å². The van der Waals surface area contributed by atoms with Gasteiger partial charge in [0, 0.05) is 43.7 Å². The summed E-state index contributed by atoms with van der Waals surface area (Å²) in [4.78, 5) is 27.7. The maximum atomic E-state index is 12.1. The summed E-state index contributed by atoms with van der Waals surface area (Å²) in [5.41, 5.74) is 1.26. The van der Waals surface area contributed by atoms with Gasteiger partial charge in [-0.05, 0) is 37.0 Å². The van der Waals surface area contributed by atoms with Crippen molar-refractivity contribution in [1.29, 1.82) is 0 Å². The standard InChI is InChI=1S/C18H24ClN3O2/c19-15-5-3-14(4-6-15)12-21-10-7-16(8-11-21)20-17(23)13-22-9-1-2-18(22)24/h3-6,16H,1-2,7-13H2,(H,20,23). The fourth-order valence-electron chi connectivity index (χ4n) is 3.40. The van der Waals surface area contributed by atoms with Crippen molar-refractivity contribution in [3.63, 3.8) is 0 Å². The molecule has 2 aliphatic heterocycles. The van der Waals surface area contributed by atoms with Crippen molar-refractivity contribution in [2.45, 2.75) is 38.3 Å². The second-order valence-corrected chi connectivity index (χ2v) is 7.10. The van der Waals surface area contributed by atoms with Gasteiger partial charge < -0.3 is 10.2 Å². The summed E-state index contributed by atoms with van der Waals surface area (Å²) in [6.07, 6.45) is 3.35. The molecule has 6 heteroatoms.